The normalized spacial score (nSPS) is 20.5. The van der Waals surface area contributed by atoms with Crippen molar-refractivity contribution in [2.24, 2.45) is 11.8 Å². The number of benzene rings is 1. The highest BCUT2D eigenvalue weighted by Crippen LogP contribution is 2.30. The summed E-state index contributed by atoms with van der Waals surface area (Å²) in [6, 6.07) is 5.10. The molecular weight excluding hydrogens is 394 g/mol. The van der Waals surface area contributed by atoms with Crippen molar-refractivity contribution < 1.29 is 22.7 Å². The Hall–Kier alpha value is -1.84. The summed E-state index contributed by atoms with van der Waals surface area (Å²) in [5.41, 5.74) is 0.521. The monoisotopic (exact) mass is 427 g/mol. The average Bonchev–Trinajstić information content (AvgIpc) is 2.63. The number of nitrogens with zero attached hydrogens (tertiary/aromatic N) is 2. The van der Waals surface area contributed by atoms with Gasteiger partial charge in [-0.3, -0.25) is 4.79 Å². The summed E-state index contributed by atoms with van der Waals surface area (Å²) in [7, 11) is -2.25. The Labute approximate surface area is 174 Å². The molecule has 0 aromatic heterocycles. The number of ether oxygens (including phenoxy) is 2. The zero-order valence-electron chi connectivity index (χ0n) is 18.0. The number of hydrogen-bond donors (Lipinski definition) is 1. The van der Waals surface area contributed by atoms with Crippen LogP contribution in [0.15, 0.2) is 18.2 Å². The van der Waals surface area contributed by atoms with E-state index in [2.05, 4.69) is 5.32 Å². The van der Waals surface area contributed by atoms with E-state index in [0.29, 0.717) is 55.3 Å². The molecule has 1 aromatic carbocycles. The van der Waals surface area contributed by atoms with Crippen molar-refractivity contribution in [1.29, 1.82) is 0 Å². The third-order valence-corrected chi connectivity index (χ3v) is 6.62. The van der Waals surface area contributed by atoms with Crippen molar-refractivity contribution in [2.45, 2.75) is 34.1 Å². The van der Waals surface area contributed by atoms with Gasteiger partial charge in [0, 0.05) is 31.9 Å². The number of carbonyl (C=O) groups is 1. The van der Waals surface area contributed by atoms with Crippen molar-refractivity contribution in [2.75, 3.05) is 45.2 Å². The van der Waals surface area contributed by atoms with Gasteiger partial charge in [-0.2, -0.15) is 17.0 Å². The fraction of sp³-hybridized carbons (Fsp3) is 0.650. The second-order valence-corrected chi connectivity index (χ2v) is 9.64. The van der Waals surface area contributed by atoms with Crippen LogP contribution in [0.3, 0.4) is 0 Å². The fourth-order valence-electron chi connectivity index (χ4n) is 3.60. The van der Waals surface area contributed by atoms with E-state index in [1.807, 2.05) is 27.7 Å². The van der Waals surface area contributed by atoms with Gasteiger partial charge in [-0.1, -0.05) is 13.8 Å². The molecule has 1 heterocycles. The van der Waals surface area contributed by atoms with Crippen LogP contribution in [0.1, 0.15) is 34.1 Å². The summed E-state index contributed by atoms with van der Waals surface area (Å²) < 4.78 is 39.4. The summed E-state index contributed by atoms with van der Waals surface area (Å²) in [5.74, 6) is 1.32. The van der Waals surface area contributed by atoms with Crippen molar-refractivity contribution in [1.82, 2.24) is 8.61 Å². The van der Waals surface area contributed by atoms with Crippen molar-refractivity contribution in [3.05, 3.63) is 18.2 Å². The van der Waals surface area contributed by atoms with Crippen LogP contribution in [0.25, 0.3) is 0 Å². The lowest BCUT2D eigenvalue weighted by atomic mass is 9.94. The molecule has 1 fully saturated rings. The van der Waals surface area contributed by atoms with Gasteiger partial charge < -0.3 is 14.8 Å². The van der Waals surface area contributed by atoms with E-state index in [4.69, 9.17) is 9.47 Å². The predicted molar refractivity (Wildman–Crippen MR) is 113 cm³/mol. The first-order chi connectivity index (χ1) is 13.7. The van der Waals surface area contributed by atoms with Crippen LogP contribution in [-0.2, 0) is 15.0 Å². The number of amides is 1. The van der Waals surface area contributed by atoms with Gasteiger partial charge in [-0.05, 0) is 44.2 Å². The first kappa shape index (κ1) is 23.4. The summed E-state index contributed by atoms with van der Waals surface area (Å²) in [6.45, 7) is 9.50. The third kappa shape index (κ3) is 6.32. The van der Waals surface area contributed by atoms with E-state index >= 15 is 0 Å². The predicted octanol–water partition coefficient (Wildman–Crippen LogP) is 2.58. The molecule has 2 atom stereocenters. The van der Waals surface area contributed by atoms with Gasteiger partial charge in [0.25, 0.3) is 10.2 Å². The molecule has 0 bridgehead atoms. The fourth-order valence-corrected chi connectivity index (χ4v) is 5.16. The minimum atomic E-state index is -3.68. The lowest BCUT2D eigenvalue weighted by Crippen LogP contribution is -2.49. The van der Waals surface area contributed by atoms with Gasteiger partial charge in [-0.25, -0.2) is 0 Å². The lowest BCUT2D eigenvalue weighted by molar-refractivity contribution is -0.116. The van der Waals surface area contributed by atoms with Crippen LogP contribution in [0, 0.1) is 11.8 Å². The Morgan fingerprint density at radius 3 is 2.31 bits per heavy atom. The van der Waals surface area contributed by atoms with Gasteiger partial charge in [0.05, 0.1) is 19.8 Å². The van der Waals surface area contributed by atoms with Crippen molar-refractivity contribution in [3.8, 4) is 11.5 Å². The molecule has 1 amide bonds. The number of anilines is 1. The second kappa shape index (κ2) is 10.3. The SMILES string of the molecule is CCOc1ccc(NC(=O)CN(C)S(=O)(=O)N2C[C@@H](C)C[C@H](C)C2)cc1OCC. The Morgan fingerprint density at radius 1 is 1.14 bits per heavy atom. The largest absolute Gasteiger partial charge is 0.490 e. The molecule has 1 saturated heterocycles. The maximum atomic E-state index is 12.9. The standard InChI is InChI=1S/C20H33N3O5S/c1-6-27-18-9-8-17(11-19(18)28-7-2)21-20(24)14-22(5)29(25,26)23-12-15(3)10-16(4)13-23/h8-9,11,15-16H,6-7,10,12-14H2,1-5H3,(H,21,24)/t15-,16-/m0/s1. The minimum Gasteiger partial charge on any atom is -0.490 e. The maximum Gasteiger partial charge on any atom is 0.282 e. The Kier molecular flexibility index (Phi) is 8.30. The number of rotatable bonds is 9. The van der Waals surface area contributed by atoms with Gasteiger partial charge >= 0.3 is 0 Å². The van der Waals surface area contributed by atoms with Crippen LogP contribution >= 0.6 is 0 Å². The van der Waals surface area contributed by atoms with E-state index in [1.165, 1.54) is 11.4 Å². The Morgan fingerprint density at radius 2 is 1.72 bits per heavy atom. The number of carbonyl (C=O) groups excluding carboxylic acids is 1. The summed E-state index contributed by atoms with van der Waals surface area (Å²) in [4.78, 5) is 12.5. The van der Waals surface area contributed by atoms with E-state index < -0.39 is 16.1 Å². The van der Waals surface area contributed by atoms with Gasteiger partial charge in [-0.15, -0.1) is 0 Å². The summed E-state index contributed by atoms with van der Waals surface area (Å²) in [5, 5.41) is 2.73. The molecular formula is C20H33N3O5S. The number of nitrogens with one attached hydrogen (secondary N) is 1. The smallest absolute Gasteiger partial charge is 0.282 e. The molecule has 29 heavy (non-hydrogen) atoms. The molecule has 2 rings (SSSR count). The molecule has 1 aliphatic heterocycles. The van der Waals surface area contributed by atoms with Crippen molar-refractivity contribution >= 4 is 21.8 Å². The van der Waals surface area contributed by atoms with Crippen molar-refractivity contribution in [3.63, 3.8) is 0 Å². The molecule has 8 nitrogen and oxygen atoms in total. The number of piperidine rings is 1. The molecule has 9 heteroatoms. The van der Waals surface area contributed by atoms with E-state index in [1.54, 1.807) is 18.2 Å². The maximum absolute atomic E-state index is 12.9. The highest BCUT2D eigenvalue weighted by molar-refractivity contribution is 7.86. The van der Waals surface area contributed by atoms with E-state index in [9.17, 15) is 13.2 Å². The summed E-state index contributed by atoms with van der Waals surface area (Å²) in [6.07, 6.45) is 1.01. The highest BCUT2D eigenvalue weighted by atomic mass is 32.2. The molecule has 0 saturated carbocycles. The molecule has 1 aromatic rings. The second-order valence-electron chi connectivity index (χ2n) is 7.60. The molecule has 0 radical (unpaired) electrons. The average molecular weight is 428 g/mol. The molecule has 0 aliphatic carbocycles. The third-order valence-electron chi connectivity index (χ3n) is 4.75. The molecule has 1 aliphatic rings. The zero-order valence-corrected chi connectivity index (χ0v) is 18.8. The molecule has 0 unspecified atom stereocenters. The highest BCUT2D eigenvalue weighted by Gasteiger charge is 2.33. The zero-order chi connectivity index (χ0) is 21.6. The molecule has 164 valence electrons. The van der Waals surface area contributed by atoms with Gasteiger partial charge in [0.1, 0.15) is 0 Å². The quantitative estimate of drug-likeness (QED) is 0.654. The first-order valence-corrected chi connectivity index (χ1v) is 11.5. The van der Waals surface area contributed by atoms with Crippen LogP contribution in [0.2, 0.25) is 0 Å². The van der Waals surface area contributed by atoms with E-state index in [-0.39, 0.29) is 6.54 Å². The first-order valence-electron chi connectivity index (χ1n) is 10.1. The van der Waals surface area contributed by atoms with Crippen LogP contribution in [-0.4, -0.2) is 62.8 Å². The van der Waals surface area contributed by atoms with E-state index in [0.717, 1.165) is 10.7 Å². The Bertz CT molecular complexity index is 789. The Balaban J connectivity index is 2.03. The minimum absolute atomic E-state index is 0.265. The molecule has 1 N–H and O–H groups in total. The molecule has 0 spiro atoms. The summed E-state index contributed by atoms with van der Waals surface area (Å²) >= 11 is 0. The number of likely N-dealkylation sites (N-methyl/N-ethyl adjacent to an activating group) is 1. The van der Waals surface area contributed by atoms with Crippen LogP contribution < -0.4 is 14.8 Å². The van der Waals surface area contributed by atoms with Gasteiger partial charge in [0.15, 0.2) is 11.5 Å². The number of hydrogen-bond acceptors (Lipinski definition) is 5. The topological polar surface area (TPSA) is 88.2 Å². The van der Waals surface area contributed by atoms with Crippen LogP contribution in [0.4, 0.5) is 5.69 Å². The lowest BCUT2D eigenvalue weighted by Gasteiger charge is -2.36. The van der Waals surface area contributed by atoms with Gasteiger partial charge in [0.2, 0.25) is 5.91 Å². The van der Waals surface area contributed by atoms with Crippen LogP contribution in [0.5, 0.6) is 11.5 Å².